The van der Waals surface area contributed by atoms with E-state index in [1.807, 2.05) is 13.8 Å². The predicted octanol–water partition coefficient (Wildman–Crippen LogP) is 0.370. The molecule has 0 fully saturated rings. The van der Waals surface area contributed by atoms with Crippen LogP contribution in [0.25, 0.3) is 0 Å². The number of nitroso groups, excluding NO2 is 1. The van der Waals surface area contributed by atoms with E-state index in [-0.39, 0.29) is 12.6 Å². The van der Waals surface area contributed by atoms with Gasteiger partial charge < -0.3 is 5.11 Å². The highest BCUT2D eigenvalue weighted by Crippen LogP contribution is 1.95. The summed E-state index contributed by atoms with van der Waals surface area (Å²) in [5.41, 5.74) is 0. The molecule has 0 bridgehead atoms. The Hall–Kier alpha value is -0.640. The van der Waals surface area contributed by atoms with Crippen molar-refractivity contribution in [3.8, 4) is 0 Å². The van der Waals surface area contributed by atoms with Crippen molar-refractivity contribution in [1.82, 2.24) is 5.01 Å². The van der Waals surface area contributed by atoms with Crippen molar-refractivity contribution in [2.75, 3.05) is 13.2 Å². The van der Waals surface area contributed by atoms with E-state index in [1.54, 1.807) is 0 Å². The van der Waals surface area contributed by atoms with E-state index >= 15 is 0 Å². The van der Waals surface area contributed by atoms with Crippen LogP contribution >= 0.6 is 0 Å². The minimum absolute atomic E-state index is 0.0239. The Morgan fingerprint density at radius 1 is 1.67 bits per heavy atom. The Morgan fingerprint density at radius 3 is 2.33 bits per heavy atom. The fourth-order valence-electron chi connectivity index (χ4n) is 0.496. The van der Waals surface area contributed by atoms with Gasteiger partial charge in [0, 0.05) is 6.04 Å². The van der Waals surface area contributed by atoms with E-state index in [9.17, 15) is 4.91 Å². The Kier molecular flexibility index (Phi) is 3.96. The molecule has 0 aromatic rings. The van der Waals surface area contributed by atoms with Gasteiger partial charge in [0.05, 0.1) is 18.4 Å². The summed E-state index contributed by atoms with van der Waals surface area (Å²) in [6, 6.07) is 0.0784. The van der Waals surface area contributed by atoms with Gasteiger partial charge in [-0.15, -0.1) is 4.91 Å². The lowest BCUT2D eigenvalue weighted by molar-refractivity contribution is 0.169. The smallest absolute Gasteiger partial charge is 0.0627 e. The standard InChI is InChI=1S/C5H12N2O2/c1-5(2)7(6-9)3-4-8/h5,8H,3-4H2,1-2H3. The molecule has 0 rings (SSSR count). The summed E-state index contributed by atoms with van der Waals surface area (Å²) in [5, 5.41) is 12.4. The Balaban J connectivity index is 3.54. The van der Waals surface area contributed by atoms with Gasteiger partial charge in [-0.1, -0.05) is 0 Å². The van der Waals surface area contributed by atoms with Crippen LogP contribution in [0.4, 0.5) is 0 Å². The lowest BCUT2D eigenvalue weighted by Crippen LogP contribution is -2.27. The molecule has 0 aliphatic heterocycles. The van der Waals surface area contributed by atoms with Gasteiger partial charge in [0.15, 0.2) is 0 Å². The van der Waals surface area contributed by atoms with Gasteiger partial charge >= 0.3 is 0 Å². The molecular formula is C5H12N2O2. The molecule has 0 aliphatic carbocycles. The lowest BCUT2D eigenvalue weighted by atomic mass is 10.4. The third-order valence-corrected chi connectivity index (χ3v) is 1.03. The van der Waals surface area contributed by atoms with E-state index in [0.29, 0.717) is 6.54 Å². The van der Waals surface area contributed by atoms with Crippen molar-refractivity contribution in [3.63, 3.8) is 0 Å². The van der Waals surface area contributed by atoms with Gasteiger partial charge in [-0.05, 0) is 13.8 Å². The van der Waals surface area contributed by atoms with Gasteiger partial charge in [0.25, 0.3) is 0 Å². The number of rotatable bonds is 4. The van der Waals surface area contributed by atoms with Crippen LogP contribution in [0.5, 0.6) is 0 Å². The van der Waals surface area contributed by atoms with Crippen LogP contribution in [0.15, 0.2) is 5.29 Å². The van der Waals surface area contributed by atoms with Crippen LogP contribution in [0.2, 0.25) is 0 Å². The number of hydrogen-bond acceptors (Lipinski definition) is 3. The summed E-state index contributed by atoms with van der Waals surface area (Å²) in [6.45, 7) is 3.99. The number of hydrogen-bond donors (Lipinski definition) is 1. The predicted molar refractivity (Wildman–Crippen MR) is 34.7 cm³/mol. The maximum atomic E-state index is 9.90. The average Bonchev–Trinajstić information content (AvgIpc) is 1.82. The molecule has 0 aromatic heterocycles. The minimum atomic E-state index is -0.0239. The van der Waals surface area contributed by atoms with E-state index in [4.69, 9.17) is 5.11 Å². The topological polar surface area (TPSA) is 52.9 Å². The molecular weight excluding hydrogens is 120 g/mol. The summed E-state index contributed by atoms with van der Waals surface area (Å²) in [6.07, 6.45) is 0. The van der Waals surface area contributed by atoms with E-state index < -0.39 is 0 Å². The first kappa shape index (κ1) is 8.36. The highest BCUT2D eigenvalue weighted by atomic mass is 16.3. The first-order valence-corrected chi connectivity index (χ1v) is 2.93. The zero-order chi connectivity index (χ0) is 7.28. The molecule has 0 aliphatic rings. The highest BCUT2D eigenvalue weighted by molar-refractivity contribution is 4.54. The van der Waals surface area contributed by atoms with Gasteiger partial charge in [0.2, 0.25) is 0 Å². The largest absolute Gasteiger partial charge is 0.394 e. The van der Waals surface area contributed by atoms with Crippen molar-refractivity contribution in [2.24, 2.45) is 5.29 Å². The van der Waals surface area contributed by atoms with E-state index in [1.165, 1.54) is 5.01 Å². The van der Waals surface area contributed by atoms with Crippen molar-refractivity contribution >= 4 is 0 Å². The fourth-order valence-corrected chi connectivity index (χ4v) is 0.496. The molecule has 0 spiro atoms. The SMILES string of the molecule is CC(C)N(CCO)N=O. The van der Waals surface area contributed by atoms with Crippen LogP contribution < -0.4 is 0 Å². The first-order valence-electron chi connectivity index (χ1n) is 2.93. The first-order chi connectivity index (χ1) is 4.22. The molecule has 1 N–H and O–H groups in total. The Labute approximate surface area is 54.4 Å². The summed E-state index contributed by atoms with van der Waals surface area (Å²) in [5.74, 6) is 0. The third-order valence-electron chi connectivity index (χ3n) is 1.03. The normalized spacial score (nSPS) is 9.78. The molecule has 0 atom stereocenters. The number of aliphatic hydroxyl groups is 1. The van der Waals surface area contributed by atoms with Gasteiger partial charge in [-0.25, -0.2) is 0 Å². The molecule has 4 nitrogen and oxygen atoms in total. The Bertz CT molecular complexity index is 85.0. The fraction of sp³-hybridized carbons (Fsp3) is 1.00. The zero-order valence-corrected chi connectivity index (χ0v) is 5.74. The molecule has 4 heteroatoms. The maximum Gasteiger partial charge on any atom is 0.0627 e. The lowest BCUT2D eigenvalue weighted by Gasteiger charge is -2.16. The molecule has 0 aromatic carbocycles. The second-order valence-corrected chi connectivity index (χ2v) is 2.06. The van der Waals surface area contributed by atoms with Crippen LogP contribution in [0.3, 0.4) is 0 Å². The molecule has 0 heterocycles. The van der Waals surface area contributed by atoms with Crippen LogP contribution in [-0.4, -0.2) is 29.3 Å². The molecule has 0 saturated heterocycles. The Morgan fingerprint density at radius 2 is 2.22 bits per heavy atom. The second-order valence-electron chi connectivity index (χ2n) is 2.06. The zero-order valence-electron chi connectivity index (χ0n) is 5.74. The van der Waals surface area contributed by atoms with Crippen molar-refractivity contribution < 1.29 is 5.11 Å². The van der Waals surface area contributed by atoms with Gasteiger partial charge in [-0.2, -0.15) is 0 Å². The van der Waals surface area contributed by atoms with E-state index in [0.717, 1.165) is 0 Å². The summed E-state index contributed by atoms with van der Waals surface area (Å²) in [4.78, 5) is 9.90. The summed E-state index contributed by atoms with van der Waals surface area (Å²) in [7, 11) is 0. The summed E-state index contributed by atoms with van der Waals surface area (Å²) < 4.78 is 0. The quantitative estimate of drug-likeness (QED) is 0.444. The van der Waals surface area contributed by atoms with Gasteiger partial charge in [-0.3, -0.25) is 5.01 Å². The monoisotopic (exact) mass is 132 g/mol. The third kappa shape index (κ3) is 3.03. The minimum Gasteiger partial charge on any atom is -0.394 e. The van der Waals surface area contributed by atoms with E-state index in [2.05, 4.69) is 5.29 Å². The number of aliphatic hydroxyl groups excluding tert-OH is 1. The second kappa shape index (κ2) is 4.26. The molecule has 0 amide bonds. The molecule has 54 valence electrons. The highest BCUT2D eigenvalue weighted by Gasteiger charge is 2.04. The van der Waals surface area contributed by atoms with Gasteiger partial charge in [0.1, 0.15) is 0 Å². The molecule has 0 radical (unpaired) electrons. The molecule has 0 saturated carbocycles. The van der Waals surface area contributed by atoms with Crippen molar-refractivity contribution in [2.45, 2.75) is 19.9 Å². The van der Waals surface area contributed by atoms with Crippen LogP contribution in [0, 0.1) is 4.91 Å². The number of nitrogens with zero attached hydrogens (tertiary/aromatic N) is 2. The molecule has 9 heavy (non-hydrogen) atoms. The molecule has 0 unspecified atom stereocenters. The van der Waals surface area contributed by atoms with Crippen molar-refractivity contribution in [3.05, 3.63) is 4.91 Å². The maximum absolute atomic E-state index is 9.90. The van der Waals surface area contributed by atoms with Crippen LogP contribution in [0.1, 0.15) is 13.8 Å². The van der Waals surface area contributed by atoms with Crippen LogP contribution in [-0.2, 0) is 0 Å². The average molecular weight is 132 g/mol. The summed E-state index contributed by atoms with van der Waals surface area (Å²) >= 11 is 0. The van der Waals surface area contributed by atoms with Crippen molar-refractivity contribution in [1.29, 1.82) is 0 Å².